The number of pyridine rings is 1. The van der Waals surface area contributed by atoms with Gasteiger partial charge in [-0.3, -0.25) is 0 Å². The number of hydrogen-bond donors (Lipinski definition) is 2. The molecule has 0 radical (unpaired) electrons. The third-order valence-electron chi connectivity index (χ3n) is 3.96. The SMILES string of the molecule is CCCC1CC1Nc1ccc(N)c(OCC2CC2)n1. The van der Waals surface area contributed by atoms with E-state index in [2.05, 4.69) is 17.2 Å². The van der Waals surface area contributed by atoms with Crippen molar-refractivity contribution < 1.29 is 4.74 Å². The van der Waals surface area contributed by atoms with Gasteiger partial charge in [0.05, 0.1) is 12.3 Å². The van der Waals surface area contributed by atoms with Crippen molar-refractivity contribution in [3.8, 4) is 5.88 Å². The summed E-state index contributed by atoms with van der Waals surface area (Å²) in [6.45, 7) is 2.99. The van der Waals surface area contributed by atoms with E-state index in [9.17, 15) is 0 Å². The Labute approximate surface area is 114 Å². The quantitative estimate of drug-likeness (QED) is 0.792. The van der Waals surface area contributed by atoms with Gasteiger partial charge in [0.25, 0.3) is 0 Å². The van der Waals surface area contributed by atoms with E-state index in [1.54, 1.807) is 0 Å². The fourth-order valence-electron chi connectivity index (χ4n) is 2.43. The second-order valence-electron chi connectivity index (χ2n) is 5.88. The van der Waals surface area contributed by atoms with E-state index in [1.807, 2.05) is 12.1 Å². The maximum Gasteiger partial charge on any atom is 0.239 e. The molecule has 0 saturated heterocycles. The molecule has 1 aromatic rings. The largest absolute Gasteiger partial charge is 0.476 e. The highest BCUT2D eigenvalue weighted by molar-refractivity contribution is 5.54. The summed E-state index contributed by atoms with van der Waals surface area (Å²) in [4.78, 5) is 4.49. The molecule has 2 unspecified atom stereocenters. The highest BCUT2D eigenvalue weighted by atomic mass is 16.5. The Morgan fingerprint density at radius 2 is 2.26 bits per heavy atom. The molecule has 3 N–H and O–H groups in total. The number of nitrogens with one attached hydrogen (secondary N) is 1. The van der Waals surface area contributed by atoms with E-state index in [1.165, 1.54) is 32.1 Å². The van der Waals surface area contributed by atoms with Crippen molar-refractivity contribution in [2.24, 2.45) is 11.8 Å². The van der Waals surface area contributed by atoms with Crippen LogP contribution in [0.4, 0.5) is 11.5 Å². The summed E-state index contributed by atoms with van der Waals surface area (Å²) in [5, 5.41) is 3.47. The molecule has 2 saturated carbocycles. The molecule has 0 aliphatic heterocycles. The Kier molecular flexibility index (Phi) is 3.49. The van der Waals surface area contributed by atoms with Gasteiger partial charge in [-0.25, -0.2) is 0 Å². The van der Waals surface area contributed by atoms with E-state index in [0.717, 1.165) is 24.3 Å². The summed E-state index contributed by atoms with van der Waals surface area (Å²) in [7, 11) is 0. The molecule has 19 heavy (non-hydrogen) atoms. The number of aromatic nitrogens is 1. The molecule has 1 heterocycles. The lowest BCUT2D eigenvalue weighted by molar-refractivity contribution is 0.290. The van der Waals surface area contributed by atoms with Crippen LogP contribution in [0.3, 0.4) is 0 Å². The van der Waals surface area contributed by atoms with Crippen LogP contribution in [0.5, 0.6) is 5.88 Å². The van der Waals surface area contributed by atoms with Gasteiger partial charge < -0.3 is 15.8 Å². The van der Waals surface area contributed by atoms with Crippen molar-refractivity contribution in [1.29, 1.82) is 0 Å². The van der Waals surface area contributed by atoms with Gasteiger partial charge in [0.2, 0.25) is 5.88 Å². The number of nitrogens with two attached hydrogens (primary N) is 1. The summed E-state index contributed by atoms with van der Waals surface area (Å²) in [5.74, 6) is 3.02. The van der Waals surface area contributed by atoms with Crippen molar-refractivity contribution in [2.75, 3.05) is 17.7 Å². The highest BCUT2D eigenvalue weighted by Crippen LogP contribution is 2.37. The lowest BCUT2D eigenvalue weighted by Crippen LogP contribution is -2.09. The molecular weight excluding hydrogens is 238 g/mol. The highest BCUT2D eigenvalue weighted by Gasteiger charge is 2.36. The zero-order chi connectivity index (χ0) is 13.2. The van der Waals surface area contributed by atoms with Crippen LogP contribution in [0.1, 0.15) is 39.0 Å². The lowest BCUT2D eigenvalue weighted by atomic mass is 10.2. The van der Waals surface area contributed by atoms with Crippen molar-refractivity contribution in [3.05, 3.63) is 12.1 Å². The Hall–Kier alpha value is -1.45. The first-order valence-electron chi connectivity index (χ1n) is 7.42. The van der Waals surface area contributed by atoms with E-state index in [-0.39, 0.29) is 0 Å². The molecular formula is C15H23N3O. The molecule has 2 fully saturated rings. The van der Waals surface area contributed by atoms with Gasteiger partial charge in [0.1, 0.15) is 5.82 Å². The predicted octanol–water partition coefficient (Wildman–Crippen LogP) is 3.05. The summed E-state index contributed by atoms with van der Waals surface area (Å²) in [6.07, 6.45) is 6.38. The maximum atomic E-state index is 5.90. The van der Waals surface area contributed by atoms with E-state index in [4.69, 9.17) is 10.5 Å². The molecule has 2 aliphatic rings. The Balaban J connectivity index is 1.57. The molecule has 0 amide bonds. The van der Waals surface area contributed by atoms with Gasteiger partial charge >= 0.3 is 0 Å². The number of rotatable bonds is 7. The minimum atomic E-state index is 0.588. The predicted molar refractivity (Wildman–Crippen MR) is 77.3 cm³/mol. The van der Waals surface area contributed by atoms with Crippen LogP contribution in [-0.4, -0.2) is 17.6 Å². The first-order valence-corrected chi connectivity index (χ1v) is 7.42. The average Bonchev–Trinajstić information content (AvgIpc) is 3.28. The van der Waals surface area contributed by atoms with Crippen LogP contribution >= 0.6 is 0 Å². The molecule has 0 aromatic carbocycles. The normalized spacial score (nSPS) is 25.1. The minimum Gasteiger partial charge on any atom is -0.476 e. The van der Waals surface area contributed by atoms with Crippen LogP contribution < -0.4 is 15.8 Å². The van der Waals surface area contributed by atoms with E-state index in [0.29, 0.717) is 17.6 Å². The molecule has 2 aliphatic carbocycles. The van der Waals surface area contributed by atoms with Gasteiger partial charge in [-0.2, -0.15) is 4.98 Å². The van der Waals surface area contributed by atoms with Crippen LogP contribution in [-0.2, 0) is 0 Å². The van der Waals surface area contributed by atoms with Crippen LogP contribution in [0.15, 0.2) is 12.1 Å². The summed E-state index contributed by atoms with van der Waals surface area (Å²) in [6, 6.07) is 4.42. The van der Waals surface area contributed by atoms with Gasteiger partial charge in [-0.15, -0.1) is 0 Å². The van der Waals surface area contributed by atoms with Crippen molar-refractivity contribution >= 4 is 11.5 Å². The summed E-state index contributed by atoms with van der Waals surface area (Å²) >= 11 is 0. The Morgan fingerprint density at radius 3 is 3.00 bits per heavy atom. The number of nitrogens with zero attached hydrogens (tertiary/aromatic N) is 1. The fourth-order valence-corrected chi connectivity index (χ4v) is 2.43. The average molecular weight is 261 g/mol. The molecule has 1 aromatic heterocycles. The molecule has 0 bridgehead atoms. The smallest absolute Gasteiger partial charge is 0.239 e. The second kappa shape index (κ2) is 5.27. The molecule has 0 spiro atoms. The van der Waals surface area contributed by atoms with Gasteiger partial charge in [0, 0.05) is 6.04 Å². The topological polar surface area (TPSA) is 60.2 Å². The maximum absolute atomic E-state index is 5.90. The van der Waals surface area contributed by atoms with Crippen LogP contribution in [0.25, 0.3) is 0 Å². The van der Waals surface area contributed by atoms with Crippen LogP contribution in [0, 0.1) is 11.8 Å². The van der Waals surface area contributed by atoms with Gasteiger partial charge in [-0.1, -0.05) is 13.3 Å². The zero-order valence-corrected chi connectivity index (χ0v) is 11.6. The molecule has 3 rings (SSSR count). The number of anilines is 2. The minimum absolute atomic E-state index is 0.588. The summed E-state index contributed by atoms with van der Waals surface area (Å²) in [5.41, 5.74) is 6.53. The zero-order valence-electron chi connectivity index (χ0n) is 11.6. The van der Waals surface area contributed by atoms with Crippen molar-refractivity contribution in [1.82, 2.24) is 4.98 Å². The number of nitrogen functional groups attached to an aromatic ring is 1. The Morgan fingerprint density at radius 1 is 1.42 bits per heavy atom. The molecule has 4 nitrogen and oxygen atoms in total. The van der Waals surface area contributed by atoms with Gasteiger partial charge in [-0.05, 0) is 49.7 Å². The lowest BCUT2D eigenvalue weighted by Gasteiger charge is -2.10. The third-order valence-corrected chi connectivity index (χ3v) is 3.96. The van der Waals surface area contributed by atoms with Crippen LogP contribution in [0.2, 0.25) is 0 Å². The fraction of sp³-hybridized carbons (Fsp3) is 0.667. The van der Waals surface area contributed by atoms with Crippen molar-refractivity contribution in [2.45, 2.75) is 45.1 Å². The monoisotopic (exact) mass is 261 g/mol. The van der Waals surface area contributed by atoms with Crippen molar-refractivity contribution in [3.63, 3.8) is 0 Å². The number of ether oxygens (including phenoxy) is 1. The third kappa shape index (κ3) is 3.31. The second-order valence-corrected chi connectivity index (χ2v) is 5.88. The standard InChI is InChI=1S/C15H23N3O/c1-2-3-11-8-13(11)17-14-7-6-12(16)15(18-14)19-9-10-4-5-10/h6-7,10-11,13H,2-5,8-9,16H2,1H3,(H,17,18). The van der Waals surface area contributed by atoms with E-state index < -0.39 is 0 Å². The van der Waals surface area contributed by atoms with E-state index >= 15 is 0 Å². The molecule has 104 valence electrons. The number of hydrogen-bond acceptors (Lipinski definition) is 4. The molecule has 4 heteroatoms. The molecule has 2 atom stereocenters. The van der Waals surface area contributed by atoms with Gasteiger partial charge in [0.15, 0.2) is 0 Å². The first kappa shape index (κ1) is 12.6. The summed E-state index contributed by atoms with van der Waals surface area (Å²) < 4.78 is 5.70. The first-order chi connectivity index (χ1) is 9.26. The Bertz CT molecular complexity index is 445.